The van der Waals surface area contributed by atoms with Gasteiger partial charge in [-0.25, -0.2) is 5.43 Å². The van der Waals surface area contributed by atoms with Crippen molar-refractivity contribution in [3.05, 3.63) is 106 Å². The highest BCUT2D eigenvalue weighted by Crippen LogP contribution is 2.26. The van der Waals surface area contributed by atoms with Gasteiger partial charge in [0.2, 0.25) is 0 Å². The van der Waals surface area contributed by atoms with Crippen LogP contribution in [0.2, 0.25) is 0 Å². The number of benzene rings is 4. The monoisotopic (exact) mass is 513 g/mol. The summed E-state index contributed by atoms with van der Waals surface area (Å²) < 4.78 is 12.2. The van der Waals surface area contributed by atoms with E-state index in [0.29, 0.717) is 28.2 Å². The Hall–Kier alpha value is -4.15. The highest BCUT2D eigenvalue weighted by molar-refractivity contribution is 9.10. The topological polar surface area (TPSA) is 83.7 Å². The van der Waals surface area contributed by atoms with Crippen LogP contribution in [0, 0.1) is 11.3 Å². The first-order valence-electron chi connectivity index (χ1n) is 10.4. The Morgan fingerprint density at radius 1 is 1.03 bits per heavy atom. The second-order valence-corrected chi connectivity index (χ2v) is 8.25. The first-order chi connectivity index (χ1) is 16.6. The third-order valence-electron chi connectivity index (χ3n) is 5.17. The SMILES string of the molecule is COc1cc2ccccc2cc1C(=O)N/N=C\c1cc(Br)ccc1OCc1ccccc1C#N. The van der Waals surface area contributed by atoms with E-state index >= 15 is 0 Å². The van der Waals surface area contributed by atoms with Crippen LogP contribution >= 0.6 is 15.9 Å². The number of nitrogens with one attached hydrogen (secondary N) is 1. The Morgan fingerprint density at radius 2 is 1.76 bits per heavy atom. The standard InChI is InChI=1S/C27H20BrN3O3/c1-33-26-14-19-7-3-2-6-18(19)13-24(26)27(32)31-30-16-22-12-23(28)10-11-25(22)34-17-21-9-5-4-8-20(21)15-29/h2-14,16H,17H2,1H3,(H,31,32)/b30-16-. The summed E-state index contributed by atoms with van der Waals surface area (Å²) in [6.45, 7) is 0.229. The Morgan fingerprint density at radius 3 is 2.53 bits per heavy atom. The van der Waals surface area contributed by atoms with Gasteiger partial charge in [0.1, 0.15) is 18.1 Å². The first-order valence-corrected chi connectivity index (χ1v) is 11.2. The molecule has 0 aromatic heterocycles. The molecule has 0 aliphatic carbocycles. The van der Waals surface area contributed by atoms with Gasteiger partial charge in [0.25, 0.3) is 5.91 Å². The summed E-state index contributed by atoms with van der Waals surface area (Å²) >= 11 is 3.45. The van der Waals surface area contributed by atoms with Crippen molar-refractivity contribution in [2.75, 3.05) is 7.11 Å². The number of halogens is 1. The molecule has 6 nitrogen and oxygen atoms in total. The molecule has 0 unspecified atom stereocenters. The number of amides is 1. The number of carbonyl (C=O) groups is 1. The molecule has 0 saturated heterocycles. The first kappa shape index (κ1) is 23.0. The van der Waals surface area contributed by atoms with Crippen molar-refractivity contribution in [3.63, 3.8) is 0 Å². The van der Waals surface area contributed by atoms with Crippen LogP contribution in [0.5, 0.6) is 11.5 Å². The predicted octanol–water partition coefficient (Wildman–Crippen LogP) is 5.83. The van der Waals surface area contributed by atoms with Crippen LogP contribution in [0.15, 0.2) is 88.4 Å². The predicted molar refractivity (Wildman–Crippen MR) is 135 cm³/mol. The van der Waals surface area contributed by atoms with Crippen LogP contribution in [0.4, 0.5) is 0 Å². The number of ether oxygens (including phenoxy) is 2. The van der Waals surface area contributed by atoms with E-state index in [0.717, 1.165) is 20.8 Å². The number of hydrogen-bond acceptors (Lipinski definition) is 5. The average molecular weight is 514 g/mol. The summed E-state index contributed by atoms with van der Waals surface area (Å²) in [5, 5.41) is 15.3. The summed E-state index contributed by atoms with van der Waals surface area (Å²) in [5.41, 5.74) is 4.96. The number of fused-ring (bicyclic) bond motifs is 1. The average Bonchev–Trinajstić information content (AvgIpc) is 2.87. The number of methoxy groups -OCH3 is 1. The summed E-state index contributed by atoms with van der Waals surface area (Å²) in [4.78, 5) is 12.8. The number of nitrogens with zero attached hydrogens (tertiary/aromatic N) is 2. The van der Waals surface area contributed by atoms with Crippen LogP contribution in [0.3, 0.4) is 0 Å². The molecule has 0 fully saturated rings. The molecule has 0 atom stereocenters. The molecule has 0 heterocycles. The van der Waals surface area contributed by atoms with Crippen molar-refractivity contribution in [3.8, 4) is 17.6 Å². The van der Waals surface area contributed by atoms with E-state index in [1.165, 1.54) is 13.3 Å². The maximum absolute atomic E-state index is 12.8. The molecule has 1 amide bonds. The highest BCUT2D eigenvalue weighted by Gasteiger charge is 2.13. The van der Waals surface area contributed by atoms with Gasteiger partial charge in [-0.3, -0.25) is 4.79 Å². The molecule has 0 bridgehead atoms. The van der Waals surface area contributed by atoms with Crippen LogP contribution in [-0.2, 0) is 6.61 Å². The lowest BCUT2D eigenvalue weighted by Crippen LogP contribution is -2.18. The van der Waals surface area contributed by atoms with E-state index in [9.17, 15) is 10.1 Å². The van der Waals surface area contributed by atoms with Crippen molar-refractivity contribution < 1.29 is 14.3 Å². The normalized spacial score (nSPS) is 10.7. The molecule has 4 aromatic rings. The molecule has 0 aliphatic heterocycles. The molecule has 0 radical (unpaired) electrons. The third-order valence-corrected chi connectivity index (χ3v) is 5.67. The van der Waals surface area contributed by atoms with E-state index < -0.39 is 0 Å². The maximum atomic E-state index is 12.8. The van der Waals surface area contributed by atoms with Gasteiger partial charge in [-0.1, -0.05) is 58.4 Å². The molecule has 0 spiro atoms. The van der Waals surface area contributed by atoms with Crippen LogP contribution in [0.25, 0.3) is 10.8 Å². The Kier molecular flexibility index (Phi) is 7.21. The molecule has 4 aromatic carbocycles. The zero-order valence-corrected chi connectivity index (χ0v) is 19.9. The largest absolute Gasteiger partial charge is 0.496 e. The summed E-state index contributed by atoms with van der Waals surface area (Å²) in [6, 6.07) is 26.3. The van der Waals surface area contributed by atoms with Crippen LogP contribution < -0.4 is 14.9 Å². The van der Waals surface area contributed by atoms with Gasteiger partial charge in [-0.15, -0.1) is 0 Å². The van der Waals surface area contributed by atoms with E-state index in [1.54, 1.807) is 18.2 Å². The summed E-state index contributed by atoms with van der Waals surface area (Å²) in [6.07, 6.45) is 1.52. The number of rotatable bonds is 7. The minimum Gasteiger partial charge on any atom is -0.496 e. The fourth-order valence-corrected chi connectivity index (χ4v) is 3.83. The molecular formula is C27H20BrN3O3. The number of nitriles is 1. The fraction of sp³-hybridized carbons (Fsp3) is 0.0741. The molecule has 34 heavy (non-hydrogen) atoms. The molecule has 168 valence electrons. The van der Waals surface area contributed by atoms with Gasteiger partial charge in [0, 0.05) is 15.6 Å². The van der Waals surface area contributed by atoms with Crippen molar-refractivity contribution in [1.29, 1.82) is 5.26 Å². The quantitative estimate of drug-likeness (QED) is 0.249. The molecule has 0 saturated carbocycles. The van der Waals surface area contributed by atoms with Crippen molar-refractivity contribution in [1.82, 2.24) is 5.43 Å². The zero-order valence-electron chi connectivity index (χ0n) is 18.3. The molecule has 1 N–H and O–H groups in total. The summed E-state index contributed by atoms with van der Waals surface area (Å²) in [5.74, 6) is 0.644. The van der Waals surface area contributed by atoms with Gasteiger partial charge < -0.3 is 9.47 Å². The minimum absolute atomic E-state index is 0.229. The minimum atomic E-state index is -0.390. The lowest BCUT2D eigenvalue weighted by molar-refractivity contribution is 0.0952. The van der Waals surface area contributed by atoms with Crippen LogP contribution in [0.1, 0.15) is 27.0 Å². The lowest BCUT2D eigenvalue weighted by Gasteiger charge is -2.11. The molecule has 4 rings (SSSR count). The van der Waals surface area contributed by atoms with E-state index in [4.69, 9.17) is 9.47 Å². The maximum Gasteiger partial charge on any atom is 0.275 e. The lowest BCUT2D eigenvalue weighted by atomic mass is 10.1. The Balaban J connectivity index is 1.52. The van der Waals surface area contributed by atoms with Crippen molar-refractivity contribution in [2.45, 2.75) is 6.61 Å². The Bertz CT molecular complexity index is 1430. The van der Waals surface area contributed by atoms with Crippen molar-refractivity contribution in [2.24, 2.45) is 5.10 Å². The van der Waals surface area contributed by atoms with Gasteiger partial charge in [0.05, 0.1) is 30.5 Å². The second kappa shape index (κ2) is 10.6. The smallest absolute Gasteiger partial charge is 0.275 e. The fourth-order valence-electron chi connectivity index (χ4n) is 3.45. The molecular weight excluding hydrogens is 494 g/mol. The number of hydrogen-bond donors (Lipinski definition) is 1. The highest BCUT2D eigenvalue weighted by atomic mass is 79.9. The number of hydrazone groups is 1. The van der Waals surface area contributed by atoms with E-state index in [1.807, 2.05) is 60.7 Å². The van der Waals surface area contributed by atoms with Gasteiger partial charge in [0.15, 0.2) is 0 Å². The molecule has 7 heteroatoms. The van der Waals surface area contributed by atoms with Gasteiger partial charge in [-0.05, 0) is 47.2 Å². The molecule has 0 aliphatic rings. The van der Waals surface area contributed by atoms with E-state index in [-0.39, 0.29) is 12.5 Å². The van der Waals surface area contributed by atoms with Crippen molar-refractivity contribution >= 4 is 38.8 Å². The summed E-state index contributed by atoms with van der Waals surface area (Å²) in [7, 11) is 1.53. The van der Waals surface area contributed by atoms with Gasteiger partial charge in [-0.2, -0.15) is 10.4 Å². The van der Waals surface area contributed by atoms with Crippen LogP contribution in [-0.4, -0.2) is 19.2 Å². The van der Waals surface area contributed by atoms with Gasteiger partial charge >= 0.3 is 0 Å². The van der Waals surface area contributed by atoms with E-state index in [2.05, 4.69) is 32.5 Å². The second-order valence-electron chi connectivity index (χ2n) is 7.34. The zero-order chi connectivity index (χ0) is 23.9. The number of carbonyl (C=O) groups excluding carboxylic acids is 1. The third kappa shape index (κ3) is 5.25. The Labute approximate surface area is 205 Å².